The molecule has 0 aliphatic heterocycles. The topological polar surface area (TPSA) is 110 Å². The van der Waals surface area contributed by atoms with Crippen LogP contribution in [0.4, 0.5) is 5.82 Å². The Hall–Kier alpha value is -2.94. The summed E-state index contributed by atoms with van der Waals surface area (Å²) in [5.41, 5.74) is 2.55. The molecule has 0 radical (unpaired) electrons. The molecule has 1 saturated carbocycles. The second kappa shape index (κ2) is 6.59. The van der Waals surface area contributed by atoms with Gasteiger partial charge in [0, 0.05) is 23.2 Å². The molecule has 0 spiro atoms. The Bertz CT molecular complexity index is 1210. The number of benzene rings is 1. The number of rotatable bonds is 5. The molecule has 3 aromatic rings. The molecule has 2 N–H and O–H groups in total. The largest absolute Gasteiger partial charge is 0.291 e. The van der Waals surface area contributed by atoms with Crippen molar-refractivity contribution in [3.8, 4) is 5.95 Å². The maximum Gasteiger partial charge on any atom is 0.263 e. The fourth-order valence-electron chi connectivity index (χ4n) is 2.86. The van der Waals surface area contributed by atoms with E-state index < -0.39 is 10.0 Å². The highest BCUT2D eigenvalue weighted by molar-refractivity contribution is 7.92. The van der Waals surface area contributed by atoms with Crippen LogP contribution in [0.15, 0.2) is 40.0 Å². The van der Waals surface area contributed by atoms with E-state index >= 15 is 0 Å². The first kappa shape index (κ1) is 18.4. The second-order valence-corrected chi connectivity index (χ2v) is 8.84. The van der Waals surface area contributed by atoms with Gasteiger partial charge in [-0.3, -0.25) is 14.5 Å². The smallest absolute Gasteiger partial charge is 0.263 e. The third-order valence-corrected chi connectivity index (χ3v) is 6.25. The van der Waals surface area contributed by atoms with Crippen LogP contribution in [0.25, 0.3) is 5.95 Å². The average Bonchev–Trinajstić information content (AvgIpc) is 3.41. The van der Waals surface area contributed by atoms with E-state index in [0.29, 0.717) is 17.2 Å². The molecular formula is C19H21N5O3S. The minimum Gasteiger partial charge on any atom is -0.291 e. The minimum absolute atomic E-state index is 0.153. The van der Waals surface area contributed by atoms with Crippen molar-refractivity contribution >= 4 is 15.8 Å². The maximum atomic E-state index is 12.8. The molecule has 1 aliphatic rings. The van der Waals surface area contributed by atoms with E-state index in [1.54, 1.807) is 44.2 Å². The number of nitrogens with zero attached hydrogens (tertiary/aromatic N) is 3. The van der Waals surface area contributed by atoms with Crippen LogP contribution in [0.1, 0.15) is 41.3 Å². The van der Waals surface area contributed by atoms with E-state index in [-0.39, 0.29) is 22.2 Å². The number of H-pyrrole nitrogens is 1. The molecule has 1 aromatic carbocycles. The number of sulfonamides is 1. The number of aromatic amines is 1. The molecule has 0 atom stereocenters. The van der Waals surface area contributed by atoms with Crippen molar-refractivity contribution in [3.63, 3.8) is 0 Å². The SMILES string of the molecule is Cc1ccc(S(=O)(=O)Nc2cc(C3CC3)nn2-c2nc(C)c(C)c(=O)[nH]2)cc1. The van der Waals surface area contributed by atoms with Crippen molar-refractivity contribution < 1.29 is 8.42 Å². The molecule has 2 heterocycles. The standard InChI is InChI=1S/C19H21N5O3S/c1-11-4-8-15(9-5-11)28(26,27)23-17-10-16(14-6-7-14)22-24(17)19-20-13(3)12(2)18(25)21-19/h4-5,8-10,14,23H,6-7H2,1-3H3,(H,20,21,25). The summed E-state index contributed by atoms with van der Waals surface area (Å²) in [7, 11) is -3.81. The maximum absolute atomic E-state index is 12.8. The number of nitrogens with one attached hydrogen (secondary N) is 2. The predicted molar refractivity (Wildman–Crippen MR) is 105 cm³/mol. The Morgan fingerprint density at radius 1 is 1.14 bits per heavy atom. The first-order valence-corrected chi connectivity index (χ1v) is 10.5. The Labute approximate surface area is 162 Å². The van der Waals surface area contributed by atoms with Crippen molar-refractivity contribution in [1.29, 1.82) is 0 Å². The number of hydrogen-bond acceptors (Lipinski definition) is 5. The summed E-state index contributed by atoms with van der Waals surface area (Å²) < 4.78 is 29.6. The van der Waals surface area contributed by atoms with E-state index in [0.717, 1.165) is 24.1 Å². The Balaban J connectivity index is 1.79. The van der Waals surface area contributed by atoms with Gasteiger partial charge in [0.15, 0.2) is 0 Å². The van der Waals surface area contributed by atoms with Gasteiger partial charge in [0.2, 0.25) is 5.95 Å². The van der Waals surface area contributed by atoms with Gasteiger partial charge < -0.3 is 0 Å². The second-order valence-electron chi connectivity index (χ2n) is 7.16. The summed E-state index contributed by atoms with van der Waals surface area (Å²) in [6, 6.07) is 8.29. The summed E-state index contributed by atoms with van der Waals surface area (Å²) in [6.07, 6.45) is 2.02. The first-order valence-electron chi connectivity index (χ1n) is 9.02. The molecule has 0 unspecified atom stereocenters. The molecule has 28 heavy (non-hydrogen) atoms. The van der Waals surface area contributed by atoms with Crippen LogP contribution in [0.3, 0.4) is 0 Å². The predicted octanol–water partition coefficient (Wildman–Crippen LogP) is 2.56. The lowest BCUT2D eigenvalue weighted by Crippen LogP contribution is -2.21. The van der Waals surface area contributed by atoms with E-state index in [4.69, 9.17) is 0 Å². The average molecular weight is 399 g/mol. The molecule has 0 bridgehead atoms. The summed E-state index contributed by atoms with van der Waals surface area (Å²) in [5, 5.41) is 4.50. The molecular weight excluding hydrogens is 378 g/mol. The summed E-state index contributed by atoms with van der Waals surface area (Å²) in [6.45, 7) is 5.31. The van der Waals surface area contributed by atoms with Gasteiger partial charge in [-0.25, -0.2) is 13.4 Å². The lowest BCUT2D eigenvalue weighted by Gasteiger charge is -2.11. The van der Waals surface area contributed by atoms with Crippen molar-refractivity contribution in [2.75, 3.05) is 4.72 Å². The number of aromatic nitrogens is 4. The molecule has 1 fully saturated rings. The van der Waals surface area contributed by atoms with Gasteiger partial charge in [-0.2, -0.15) is 9.78 Å². The highest BCUT2D eigenvalue weighted by Crippen LogP contribution is 2.40. The van der Waals surface area contributed by atoms with Crippen LogP contribution in [-0.4, -0.2) is 28.2 Å². The number of anilines is 1. The van der Waals surface area contributed by atoms with E-state index in [2.05, 4.69) is 19.8 Å². The summed E-state index contributed by atoms with van der Waals surface area (Å²) >= 11 is 0. The minimum atomic E-state index is -3.81. The molecule has 4 rings (SSSR count). The van der Waals surface area contributed by atoms with Gasteiger partial charge >= 0.3 is 0 Å². The Morgan fingerprint density at radius 2 is 1.82 bits per heavy atom. The molecule has 0 amide bonds. The van der Waals surface area contributed by atoms with Gasteiger partial charge in [0.1, 0.15) is 5.82 Å². The lowest BCUT2D eigenvalue weighted by molar-refractivity contribution is 0.600. The fraction of sp³-hybridized carbons (Fsp3) is 0.316. The van der Waals surface area contributed by atoms with Gasteiger partial charge in [0.25, 0.3) is 15.6 Å². The molecule has 0 saturated heterocycles. The van der Waals surface area contributed by atoms with Gasteiger partial charge in [0.05, 0.1) is 10.6 Å². The van der Waals surface area contributed by atoms with Crippen molar-refractivity contribution in [2.45, 2.75) is 44.4 Å². The lowest BCUT2D eigenvalue weighted by atomic mass is 10.2. The summed E-state index contributed by atoms with van der Waals surface area (Å²) in [5.74, 6) is 0.734. The zero-order valence-electron chi connectivity index (χ0n) is 15.9. The zero-order valence-corrected chi connectivity index (χ0v) is 16.7. The van der Waals surface area contributed by atoms with Crippen LogP contribution in [0.5, 0.6) is 0 Å². The van der Waals surface area contributed by atoms with E-state index in [1.807, 2.05) is 6.92 Å². The molecule has 2 aromatic heterocycles. The van der Waals surface area contributed by atoms with Gasteiger partial charge in [-0.1, -0.05) is 17.7 Å². The third-order valence-electron chi connectivity index (χ3n) is 4.88. The van der Waals surface area contributed by atoms with Crippen molar-refractivity contribution in [2.24, 2.45) is 0 Å². The third kappa shape index (κ3) is 3.45. The van der Waals surface area contributed by atoms with Crippen LogP contribution in [-0.2, 0) is 10.0 Å². The molecule has 8 nitrogen and oxygen atoms in total. The highest BCUT2D eigenvalue weighted by Gasteiger charge is 2.29. The van der Waals surface area contributed by atoms with Crippen LogP contribution in [0, 0.1) is 20.8 Å². The van der Waals surface area contributed by atoms with Crippen molar-refractivity contribution in [3.05, 3.63) is 63.2 Å². The normalized spacial score (nSPS) is 14.2. The van der Waals surface area contributed by atoms with Crippen molar-refractivity contribution in [1.82, 2.24) is 19.7 Å². The van der Waals surface area contributed by atoms with Crippen LogP contribution in [0.2, 0.25) is 0 Å². The van der Waals surface area contributed by atoms with E-state index in [9.17, 15) is 13.2 Å². The summed E-state index contributed by atoms with van der Waals surface area (Å²) in [4.78, 5) is 19.4. The number of hydrogen-bond donors (Lipinski definition) is 2. The molecule has 1 aliphatic carbocycles. The van der Waals surface area contributed by atoms with Gasteiger partial charge in [-0.15, -0.1) is 0 Å². The first-order chi connectivity index (χ1) is 13.2. The Kier molecular flexibility index (Phi) is 4.34. The quantitative estimate of drug-likeness (QED) is 0.685. The van der Waals surface area contributed by atoms with E-state index in [1.165, 1.54) is 4.68 Å². The fourth-order valence-corrected chi connectivity index (χ4v) is 3.89. The zero-order chi connectivity index (χ0) is 20.1. The molecule has 146 valence electrons. The Morgan fingerprint density at radius 3 is 2.43 bits per heavy atom. The monoisotopic (exact) mass is 399 g/mol. The number of aryl methyl sites for hydroxylation is 2. The molecule has 9 heteroatoms. The van der Waals surface area contributed by atoms with Crippen LogP contribution < -0.4 is 10.3 Å². The van der Waals surface area contributed by atoms with Crippen LogP contribution >= 0.6 is 0 Å². The highest BCUT2D eigenvalue weighted by atomic mass is 32.2. The van der Waals surface area contributed by atoms with Gasteiger partial charge in [-0.05, 0) is 45.7 Å².